The molecule has 20 heavy (non-hydrogen) atoms. The van der Waals surface area contributed by atoms with Crippen molar-refractivity contribution in [3.8, 4) is 0 Å². The van der Waals surface area contributed by atoms with Crippen LogP contribution in [0.25, 0.3) is 0 Å². The molecule has 0 radical (unpaired) electrons. The summed E-state index contributed by atoms with van der Waals surface area (Å²) in [6.07, 6.45) is 2.42. The lowest BCUT2D eigenvalue weighted by Gasteiger charge is -2.24. The zero-order valence-electron chi connectivity index (χ0n) is 11.6. The maximum absolute atomic E-state index is 11.1. The molecule has 2 rings (SSSR count). The van der Waals surface area contributed by atoms with Crippen molar-refractivity contribution in [3.05, 3.63) is 38.3 Å². The Morgan fingerprint density at radius 3 is 2.95 bits per heavy atom. The highest BCUT2D eigenvalue weighted by Crippen LogP contribution is 2.25. The molecular formula is C14H20BrN3O2. The lowest BCUT2D eigenvalue weighted by molar-refractivity contribution is -0.385. The lowest BCUT2D eigenvalue weighted by atomic mass is 10.1. The largest absolute Gasteiger partial charge is 0.313 e. The number of likely N-dealkylation sites (N-methyl/N-ethyl adjacent to an activating group) is 1. The third-order valence-corrected chi connectivity index (χ3v) is 4.22. The molecule has 5 nitrogen and oxygen atoms in total. The minimum absolute atomic E-state index is 0.192. The Hall–Kier alpha value is -0.980. The van der Waals surface area contributed by atoms with E-state index in [4.69, 9.17) is 0 Å². The van der Waals surface area contributed by atoms with Crippen LogP contribution in [0.4, 0.5) is 5.69 Å². The fourth-order valence-electron chi connectivity index (χ4n) is 2.61. The molecule has 1 atom stereocenters. The highest BCUT2D eigenvalue weighted by molar-refractivity contribution is 9.10. The van der Waals surface area contributed by atoms with E-state index in [1.807, 2.05) is 12.1 Å². The first-order chi connectivity index (χ1) is 9.60. The standard InChI is InChI=1S/C14H20BrN3O2/c1-2-17(10-13-4-3-7-16-13)9-11-5-6-12(15)8-14(11)18(19)20/h5-6,8,13,16H,2-4,7,9-10H2,1H3. The maximum atomic E-state index is 11.1. The van der Waals surface area contributed by atoms with Gasteiger partial charge in [0.2, 0.25) is 0 Å². The van der Waals surface area contributed by atoms with Crippen molar-refractivity contribution >= 4 is 21.6 Å². The van der Waals surface area contributed by atoms with Gasteiger partial charge in [0.1, 0.15) is 0 Å². The van der Waals surface area contributed by atoms with Gasteiger partial charge in [-0.2, -0.15) is 0 Å². The van der Waals surface area contributed by atoms with Crippen molar-refractivity contribution in [2.24, 2.45) is 0 Å². The van der Waals surface area contributed by atoms with Crippen LogP contribution in [0.3, 0.4) is 0 Å². The Morgan fingerprint density at radius 2 is 2.35 bits per heavy atom. The van der Waals surface area contributed by atoms with Crippen LogP contribution in [0.1, 0.15) is 25.3 Å². The van der Waals surface area contributed by atoms with Gasteiger partial charge in [0.05, 0.1) is 4.92 Å². The summed E-state index contributed by atoms with van der Waals surface area (Å²) < 4.78 is 0.744. The van der Waals surface area contributed by atoms with Gasteiger partial charge in [0, 0.05) is 35.2 Å². The maximum Gasteiger partial charge on any atom is 0.275 e. The molecule has 0 saturated carbocycles. The van der Waals surface area contributed by atoms with Crippen molar-refractivity contribution in [2.45, 2.75) is 32.4 Å². The summed E-state index contributed by atoms with van der Waals surface area (Å²) in [5, 5.41) is 14.6. The molecule has 110 valence electrons. The predicted molar refractivity (Wildman–Crippen MR) is 82.8 cm³/mol. The molecule has 1 aliphatic rings. The van der Waals surface area contributed by atoms with Crippen molar-refractivity contribution in [2.75, 3.05) is 19.6 Å². The van der Waals surface area contributed by atoms with Crippen LogP contribution in [0.2, 0.25) is 0 Å². The Morgan fingerprint density at radius 1 is 1.55 bits per heavy atom. The molecule has 1 heterocycles. The molecule has 0 amide bonds. The molecule has 0 aromatic heterocycles. The number of nitro benzene ring substituents is 1. The lowest BCUT2D eigenvalue weighted by Crippen LogP contribution is -2.37. The Labute approximate surface area is 127 Å². The van der Waals surface area contributed by atoms with Crippen LogP contribution < -0.4 is 5.32 Å². The Balaban J connectivity index is 2.08. The van der Waals surface area contributed by atoms with Crippen LogP contribution in [0.5, 0.6) is 0 Å². The summed E-state index contributed by atoms with van der Waals surface area (Å²) in [5.41, 5.74) is 0.968. The van der Waals surface area contributed by atoms with E-state index < -0.39 is 0 Å². The number of rotatable bonds is 6. The van der Waals surface area contributed by atoms with E-state index in [1.165, 1.54) is 12.8 Å². The summed E-state index contributed by atoms with van der Waals surface area (Å²) in [6.45, 7) is 5.65. The van der Waals surface area contributed by atoms with Crippen molar-refractivity contribution in [1.82, 2.24) is 10.2 Å². The quantitative estimate of drug-likeness (QED) is 0.638. The predicted octanol–water partition coefficient (Wildman–Crippen LogP) is 2.93. The van der Waals surface area contributed by atoms with Gasteiger partial charge in [-0.15, -0.1) is 0 Å². The molecule has 0 aliphatic carbocycles. The van der Waals surface area contributed by atoms with Gasteiger partial charge >= 0.3 is 0 Å². The molecule has 1 unspecified atom stereocenters. The van der Waals surface area contributed by atoms with Crippen molar-refractivity contribution in [1.29, 1.82) is 0 Å². The number of nitro groups is 1. The molecule has 0 bridgehead atoms. The highest BCUT2D eigenvalue weighted by atomic mass is 79.9. The molecule has 1 aliphatic heterocycles. The molecule has 1 saturated heterocycles. The number of hydrogen-bond donors (Lipinski definition) is 1. The van der Waals surface area contributed by atoms with Crippen LogP contribution in [-0.2, 0) is 6.54 Å². The first-order valence-electron chi connectivity index (χ1n) is 6.98. The summed E-state index contributed by atoms with van der Waals surface area (Å²) in [5.74, 6) is 0. The normalized spacial score (nSPS) is 18.6. The van der Waals surface area contributed by atoms with E-state index in [1.54, 1.807) is 6.07 Å². The molecule has 1 aromatic carbocycles. The topological polar surface area (TPSA) is 58.4 Å². The van der Waals surface area contributed by atoms with Gasteiger partial charge in [-0.1, -0.05) is 22.9 Å². The zero-order chi connectivity index (χ0) is 14.5. The van der Waals surface area contributed by atoms with Crippen LogP contribution in [-0.4, -0.2) is 35.5 Å². The second kappa shape index (κ2) is 7.15. The third kappa shape index (κ3) is 4.01. The molecule has 0 spiro atoms. The number of hydrogen-bond acceptors (Lipinski definition) is 4. The van der Waals surface area contributed by atoms with Gasteiger partial charge in [-0.3, -0.25) is 15.0 Å². The first kappa shape index (κ1) is 15.4. The molecule has 6 heteroatoms. The van der Waals surface area contributed by atoms with Gasteiger partial charge in [-0.25, -0.2) is 0 Å². The fourth-order valence-corrected chi connectivity index (χ4v) is 2.96. The minimum atomic E-state index is -0.304. The molecule has 1 fully saturated rings. The average molecular weight is 342 g/mol. The molecular weight excluding hydrogens is 322 g/mol. The number of benzene rings is 1. The number of halogens is 1. The van der Waals surface area contributed by atoms with E-state index in [0.717, 1.165) is 29.7 Å². The summed E-state index contributed by atoms with van der Waals surface area (Å²) in [4.78, 5) is 13.1. The summed E-state index contributed by atoms with van der Waals surface area (Å²) in [7, 11) is 0. The molecule has 1 N–H and O–H groups in total. The van der Waals surface area contributed by atoms with Crippen molar-refractivity contribution < 1.29 is 4.92 Å². The van der Waals surface area contributed by atoms with Gasteiger partial charge in [-0.05, 0) is 38.1 Å². The van der Waals surface area contributed by atoms with Gasteiger partial charge in [0.25, 0.3) is 5.69 Å². The molecule has 1 aromatic rings. The SMILES string of the molecule is CCN(Cc1ccc(Br)cc1[N+](=O)[O-])CC1CCCN1. The van der Waals surface area contributed by atoms with Crippen LogP contribution in [0.15, 0.2) is 22.7 Å². The van der Waals surface area contributed by atoms with Crippen LogP contribution in [0, 0.1) is 10.1 Å². The summed E-state index contributed by atoms with van der Waals surface area (Å²) >= 11 is 3.29. The monoisotopic (exact) mass is 341 g/mol. The fraction of sp³-hybridized carbons (Fsp3) is 0.571. The van der Waals surface area contributed by atoms with E-state index in [9.17, 15) is 10.1 Å². The second-order valence-electron chi connectivity index (χ2n) is 5.15. The van der Waals surface area contributed by atoms with E-state index in [-0.39, 0.29) is 10.6 Å². The Kier molecular flexibility index (Phi) is 5.51. The smallest absolute Gasteiger partial charge is 0.275 e. The van der Waals surface area contributed by atoms with E-state index in [2.05, 4.69) is 33.1 Å². The van der Waals surface area contributed by atoms with E-state index in [0.29, 0.717) is 12.6 Å². The Bertz CT molecular complexity index is 475. The third-order valence-electron chi connectivity index (χ3n) is 3.73. The number of nitrogens with zero attached hydrogens (tertiary/aromatic N) is 2. The second-order valence-corrected chi connectivity index (χ2v) is 6.07. The summed E-state index contributed by atoms with van der Waals surface area (Å²) in [6, 6.07) is 5.80. The van der Waals surface area contributed by atoms with Crippen molar-refractivity contribution in [3.63, 3.8) is 0 Å². The highest BCUT2D eigenvalue weighted by Gasteiger charge is 2.20. The van der Waals surface area contributed by atoms with Crippen LogP contribution >= 0.6 is 15.9 Å². The van der Waals surface area contributed by atoms with E-state index >= 15 is 0 Å². The first-order valence-corrected chi connectivity index (χ1v) is 7.78. The van der Waals surface area contributed by atoms with Gasteiger partial charge < -0.3 is 5.32 Å². The number of nitrogens with one attached hydrogen (secondary N) is 1. The van der Waals surface area contributed by atoms with Gasteiger partial charge in [0.15, 0.2) is 0 Å². The zero-order valence-corrected chi connectivity index (χ0v) is 13.2. The minimum Gasteiger partial charge on any atom is -0.313 e. The average Bonchev–Trinajstić information content (AvgIpc) is 2.92.